The number of carbonyl (C=O) groups is 1. The maximum atomic E-state index is 10.2. The molecule has 1 aliphatic rings. The Bertz CT molecular complexity index is 103. The van der Waals surface area contributed by atoms with Crippen LogP contribution in [0.3, 0.4) is 0 Å². The fraction of sp³-hybridized carbons (Fsp3) is 0.857. The third-order valence-electron chi connectivity index (χ3n) is 2.07. The second-order valence-corrected chi connectivity index (χ2v) is 2.69. The van der Waals surface area contributed by atoms with E-state index >= 15 is 0 Å². The van der Waals surface area contributed by atoms with E-state index in [0.717, 1.165) is 19.1 Å². The van der Waals surface area contributed by atoms with Gasteiger partial charge in [-0.3, -0.25) is 0 Å². The van der Waals surface area contributed by atoms with Gasteiger partial charge >= 0.3 is 0 Å². The molecule has 0 radical (unpaired) electrons. The Morgan fingerprint density at radius 2 is 2.33 bits per heavy atom. The van der Waals surface area contributed by atoms with Gasteiger partial charge in [-0.05, 0) is 26.3 Å². The van der Waals surface area contributed by atoms with E-state index in [4.69, 9.17) is 0 Å². The van der Waals surface area contributed by atoms with Crippen LogP contribution in [0.4, 0.5) is 0 Å². The van der Waals surface area contributed by atoms with E-state index in [0.29, 0.717) is 12.0 Å². The number of carbonyl (C=O) groups excluding carboxylic acids is 1. The minimum absolute atomic E-state index is 0.336. The molecule has 2 atom stereocenters. The summed E-state index contributed by atoms with van der Waals surface area (Å²) in [6, 6.07) is 0.597. The van der Waals surface area contributed by atoms with Gasteiger partial charge in [-0.15, -0.1) is 0 Å². The molecule has 0 spiro atoms. The smallest absolute Gasteiger partial charge is 0.123 e. The molecule has 0 aromatic heterocycles. The maximum absolute atomic E-state index is 10.2. The third-order valence-corrected chi connectivity index (χ3v) is 2.07. The van der Waals surface area contributed by atoms with Crippen LogP contribution >= 0.6 is 0 Å². The van der Waals surface area contributed by atoms with Crippen molar-refractivity contribution < 1.29 is 4.79 Å². The minimum Gasteiger partial charge on any atom is -0.317 e. The van der Waals surface area contributed by atoms with Crippen LogP contribution in [0.1, 0.15) is 19.3 Å². The van der Waals surface area contributed by atoms with Gasteiger partial charge in [-0.25, -0.2) is 0 Å². The highest BCUT2D eigenvalue weighted by atomic mass is 16.1. The number of nitrogens with one attached hydrogen (secondary N) is 1. The van der Waals surface area contributed by atoms with E-state index in [2.05, 4.69) is 5.32 Å². The van der Waals surface area contributed by atoms with Crippen LogP contribution in [-0.2, 0) is 4.79 Å². The predicted octanol–water partition coefficient (Wildman–Crippen LogP) is 0.573. The second kappa shape index (κ2) is 2.97. The standard InChI is InChI=1S/C7H13NO/c1-8-7-3-2-6(4-7)5-9/h5-8H,2-4H2,1H3/t6-,7+/m0/s1. The summed E-state index contributed by atoms with van der Waals surface area (Å²) in [4.78, 5) is 10.2. The fourth-order valence-electron chi connectivity index (χ4n) is 1.40. The van der Waals surface area contributed by atoms with E-state index in [1.54, 1.807) is 0 Å². The van der Waals surface area contributed by atoms with Crippen molar-refractivity contribution in [2.75, 3.05) is 7.05 Å². The molecule has 2 nitrogen and oxygen atoms in total. The Balaban J connectivity index is 2.28. The number of hydrogen-bond donors (Lipinski definition) is 1. The van der Waals surface area contributed by atoms with E-state index in [-0.39, 0.29) is 0 Å². The average molecular weight is 127 g/mol. The Morgan fingerprint density at radius 1 is 1.56 bits per heavy atom. The van der Waals surface area contributed by atoms with E-state index in [9.17, 15) is 4.79 Å². The molecular formula is C7H13NO. The summed E-state index contributed by atoms with van der Waals surface area (Å²) in [5.41, 5.74) is 0. The first-order valence-corrected chi connectivity index (χ1v) is 3.49. The lowest BCUT2D eigenvalue weighted by atomic mass is 10.1. The predicted molar refractivity (Wildman–Crippen MR) is 36.3 cm³/mol. The van der Waals surface area contributed by atoms with Gasteiger partial charge in [-0.2, -0.15) is 0 Å². The Kier molecular flexibility index (Phi) is 2.22. The number of aldehydes is 1. The van der Waals surface area contributed by atoms with Gasteiger partial charge < -0.3 is 10.1 Å². The molecule has 0 amide bonds. The van der Waals surface area contributed by atoms with E-state index in [1.165, 1.54) is 6.42 Å². The summed E-state index contributed by atoms with van der Waals surface area (Å²) < 4.78 is 0. The van der Waals surface area contributed by atoms with Gasteiger partial charge in [0.2, 0.25) is 0 Å². The molecule has 0 unspecified atom stereocenters. The van der Waals surface area contributed by atoms with Crippen LogP contribution in [0.15, 0.2) is 0 Å². The van der Waals surface area contributed by atoms with Crippen molar-refractivity contribution in [1.82, 2.24) is 5.32 Å². The average Bonchev–Trinajstić information content (AvgIpc) is 2.34. The molecule has 1 rings (SSSR count). The second-order valence-electron chi connectivity index (χ2n) is 2.69. The highest BCUT2D eigenvalue weighted by molar-refractivity contribution is 5.54. The van der Waals surface area contributed by atoms with Crippen LogP contribution in [0.25, 0.3) is 0 Å². The molecule has 1 fully saturated rings. The van der Waals surface area contributed by atoms with Gasteiger partial charge in [0.1, 0.15) is 6.29 Å². The molecule has 0 aromatic rings. The molecule has 1 aliphatic carbocycles. The topological polar surface area (TPSA) is 29.1 Å². The summed E-state index contributed by atoms with van der Waals surface area (Å²) in [5.74, 6) is 0.336. The number of hydrogen-bond acceptors (Lipinski definition) is 2. The first kappa shape index (κ1) is 6.75. The zero-order valence-corrected chi connectivity index (χ0v) is 5.76. The SMILES string of the molecule is CN[C@@H]1CC[C@H](C=O)C1. The maximum Gasteiger partial charge on any atom is 0.123 e. The van der Waals surface area contributed by atoms with Crippen molar-refractivity contribution in [1.29, 1.82) is 0 Å². The molecule has 0 saturated heterocycles. The molecule has 0 aromatic carbocycles. The molecule has 2 heteroatoms. The Morgan fingerprint density at radius 3 is 2.67 bits per heavy atom. The zero-order chi connectivity index (χ0) is 6.69. The summed E-state index contributed by atoms with van der Waals surface area (Å²) in [6.07, 6.45) is 4.37. The van der Waals surface area contributed by atoms with Gasteiger partial charge in [0, 0.05) is 12.0 Å². The van der Waals surface area contributed by atoms with Crippen LogP contribution in [-0.4, -0.2) is 19.4 Å². The highest BCUT2D eigenvalue weighted by Crippen LogP contribution is 2.22. The van der Waals surface area contributed by atoms with Crippen molar-refractivity contribution in [2.45, 2.75) is 25.3 Å². The van der Waals surface area contributed by atoms with Gasteiger partial charge in [0.15, 0.2) is 0 Å². The molecule has 0 bridgehead atoms. The molecule has 0 aliphatic heterocycles. The first-order valence-electron chi connectivity index (χ1n) is 3.49. The van der Waals surface area contributed by atoms with Crippen molar-refractivity contribution in [3.05, 3.63) is 0 Å². The van der Waals surface area contributed by atoms with Crippen molar-refractivity contribution in [3.8, 4) is 0 Å². The summed E-state index contributed by atoms with van der Waals surface area (Å²) in [7, 11) is 1.96. The van der Waals surface area contributed by atoms with E-state index < -0.39 is 0 Å². The summed E-state index contributed by atoms with van der Waals surface area (Å²) in [6.45, 7) is 0. The molecule has 0 heterocycles. The zero-order valence-electron chi connectivity index (χ0n) is 5.76. The Hall–Kier alpha value is -0.370. The monoisotopic (exact) mass is 127 g/mol. The van der Waals surface area contributed by atoms with Crippen LogP contribution in [0.2, 0.25) is 0 Å². The number of rotatable bonds is 2. The lowest BCUT2D eigenvalue weighted by molar-refractivity contribution is -0.110. The quantitative estimate of drug-likeness (QED) is 0.549. The van der Waals surface area contributed by atoms with Gasteiger partial charge in [0.05, 0.1) is 0 Å². The lowest BCUT2D eigenvalue weighted by Crippen LogP contribution is -2.21. The minimum atomic E-state index is 0.336. The Labute approximate surface area is 55.6 Å². The van der Waals surface area contributed by atoms with Crippen LogP contribution in [0, 0.1) is 5.92 Å². The van der Waals surface area contributed by atoms with Crippen LogP contribution < -0.4 is 5.32 Å². The summed E-state index contributed by atoms with van der Waals surface area (Å²) in [5, 5.41) is 3.17. The first-order chi connectivity index (χ1) is 4.36. The van der Waals surface area contributed by atoms with Crippen molar-refractivity contribution in [3.63, 3.8) is 0 Å². The highest BCUT2D eigenvalue weighted by Gasteiger charge is 2.21. The molecule has 1 saturated carbocycles. The summed E-state index contributed by atoms with van der Waals surface area (Å²) >= 11 is 0. The van der Waals surface area contributed by atoms with Crippen molar-refractivity contribution >= 4 is 6.29 Å². The molecule has 1 N–H and O–H groups in total. The van der Waals surface area contributed by atoms with E-state index in [1.807, 2.05) is 7.05 Å². The van der Waals surface area contributed by atoms with Crippen molar-refractivity contribution in [2.24, 2.45) is 5.92 Å². The van der Waals surface area contributed by atoms with Gasteiger partial charge in [0.25, 0.3) is 0 Å². The van der Waals surface area contributed by atoms with Crippen LogP contribution in [0.5, 0.6) is 0 Å². The normalized spacial score (nSPS) is 34.8. The molecular weight excluding hydrogens is 114 g/mol. The molecule has 52 valence electrons. The fourth-order valence-corrected chi connectivity index (χ4v) is 1.40. The molecule has 9 heavy (non-hydrogen) atoms. The lowest BCUT2D eigenvalue weighted by Gasteiger charge is -2.04. The largest absolute Gasteiger partial charge is 0.317 e. The third kappa shape index (κ3) is 1.52. The van der Waals surface area contributed by atoms with Gasteiger partial charge in [-0.1, -0.05) is 0 Å².